The zero-order valence-corrected chi connectivity index (χ0v) is 14.7. The molecule has 0 fully saturated rings. The number of anilines is 1. The van der Waals surface area contributed by atoms with Gasteiger partial charge in [0.15, 0.2) is 5.89 Å². The zero-order chi connectivity index (χ0) is 16.6. The number of nitrogens with zero attached hydrogens (tertiary/aromatic N) is 1. The molecule has 0 radical (unpaired) electrons. The van der Waals surface area contributed by atoms with E-state index in [4.69, 9.17) is 16.0 Å². The van der Waals surface area contributed by atoms with Crippen molar-refractivity contribution in [1.29, 1.82) is 0 Å². The van der Waals surface area contributed by atoms with E-state index in [1.54, 1.807) is 37.3 Å². The highest BCUT2D eigenvalue weighted by Gasteiger charge is 2.17. The molecular formula is C15H13ClN2O3S2. The molecule has 0 unspecified atom stereocenters. The molecule has 23 heavy (non-hydrogen) atoms. The molecule has 0 aliphatic heterocycles. The average Bonchev–Trinajstić information content (AvgIpc) is 3.06. The number of thiophene rings is 1. The molecule has 2 heterocycles. The summed E-state index contributed by atoms with van der Waals surface area (Å²) in [4.78, 5) is 4.32. The third-order valence-corrected chi connectivity index (χ3v) is 6.23. The Morgan fingerprint density at radius 1 is 1.13 bits per heavy atom. The largest absolute Gasteiger partial charge is 0.446 e. The fourth-order valence-electron chi connectivity index (χ4n) is 2.14. The first kappa shape index (κ1) is 16.0. The van der Waals surface area contributed by atoms with Crippen molar-refractivity contribution in [3.63, 3.8) is 0 Å². The van der Waals surface area contributed by atoms with E-state index < -0.39 is 10.0 Å². The van der Waals surface area contributed by atoms with E-state index in [-0.39, 0.29) is 4.21 Å². The topological polar surface area (TPSA) is 72.2 Å². The third kappa shape index (κ3) is 3.41. The van der Waals surface area contributed by atoms with E-state index in [1.165, 1.54) is 6.07 Å². The summed E-state index contributed by atoms with van der Waals surface area (Å²) in [5, 5.41) is 0. The monoisotopic (exact) mass is 368 g/mol. The predicted molar refractivity (Wildman–Crippen MR) is 91.6 cm³/mol. The van der Waals surface area contributed by atoms with Gasteiger partial charge in [-0.3, -0.25) is 4.72 Å². The van der Waals surface area contributed by atoms with Gasteiger partial charge in [-0.15, -0.1) is 11.3 Å². The van der Waals surface area contributed by atoms with Crippen LogP contribution in [0.5, 0.6) is 0 Å². The fourth-order valence-corrected chi connectivity index (χ4v) is 4.68. The maximum Gasteiger partial charge on any atom is 0.271 e. The Morgan fingerprint density at radius 2 is 1.83 bits per heavy atom. The third-order valence-electron chi connectivity index (χ3n) is 3.13. The normalized spacial score (nSPS) is 11.6. The van der Waals surface area contributed by atoms with Crippen LogP contribution in [0.1, 0.15) is 11.7 Å². The van der Waals surface area contributed by atoms with Crippen LogP contribution in [0.2, 0.25) is 4.34 Å². The summed E-state index contributed by atoms with van der Waals surface area (Å²) in [6.07, 6.45) is 0. The lowest BCUT2D eigenvalue weighted by Crippen LogP contribution is -2.11. The Balaban J connectivity index is 1.84. The first-order chi connectivity index (χ1) is 10.8. The molecule has 5 nitrogen and oxygen atoms in total. The number of nitrogens with one attached hydrogen (secondary N) is 1. The molecular weight excluding hydrogens is 356 g/mol. The Morgan fingerprint density at radius 3 is 2.35 bits per heavy atom. The van der Waals surface area contributed by atoms with E-state index in [0.717, 1.165) is 28.4 Å². The summed E-state index contributed by atoms with van der Waals surface area (Å²) in [7, 11) is -3.62. The molecule has 2 aromatic heterocycles. The van der Waals surface area contributed by atoms with Gasteiger partial charge in [0, 0.05) is 18.2 Å². The van der Waals surface area contributed by atoms with Crippen LogP contribution in [0.4, 0.5) is 5.69 Å². The van der Waals surface area contributed by atoms with Crippen LogP contribution in [-0.2, 0) is 10.0 Å². The van der Waals surface area contributed by atoms with E-state index in [0.29, 0.717) is 15.9 Å². The van der Waals surface area contributed by atoms with Gasteiger partial charge < -0.3 is 4.42 Å². The molecule has 0 saturated heterocycles. The number of rotatable bonds is 4. The van der Waals surface area contributed by atoms with E-state index >= 15 is 0 Å². The van der Waals surface area contributed by atoms with Crippen LogP contribution in [0.3, 0.4) is 0 Å². The van der Waals surface area contributed by atoms with Gasteiger partial charge in [0.2, 0.25) is 0 Å². The molecule has 3 aromatic rings. The van der Waals surface area contributed by atoms with Gasteiger partial charge >= 0.3 is 0 Å². The lowest BCUT2D eigenvalue weighted by molar-refractivity contribution is 0.495. The summed E-state index contributed by atoms with van der Waals surface area (Å²) in [5.41, 5.74) is 2.08. The molecule has 0 atom stereocenters. The number of benzene rings is 1. The molecule has 0 aliphatic carbocycles. The Bertz CT molecular complexity index is 944. The first-order valence-corrected chi connectivity index (χ1v) is 9.35. The van der Waals surface area contributed by atoms with Crippen LogP contribution >= 0.6 is 22.9 Å². The first-order valence-electron chi connectivity index (χ1n) is 6.68. The van der Waals surface area contributed by atoms with Gasteiger partial charge in [0.05, 0.1) is 4.34 Å². The van der Waals surface area contributed by atoms with Crippen molar-refractivity contribution in [3.8, 4) is 11.3 Å². The van der Waals surface area contributed by atoms with E-state index in [2.05, 4.69) is 9.71 Å². The van der Waals surface area contributed by atoms with E-state index in [1.807, 2.05) is 6.92 Å². The van der Waals surface area contributed by atoms with Crippen molar-refractivity contribution < 1.29 is 12.8 Å². The van der Waals surface area contributed by atoms with Gasteiger partial charge in [-0.1, -0.05) is 23.7 Å². The van der Waals surface area contributed by atoms with Gasteiger partial charge in [-0.05, 0) is 31.2 Å². The summed E-state index contributed by atoms with van der Waals surface area (Å²) in [6.45, 7) is 3.62. The number of hydrogen-bond acceptors (Lipinski definition) is 5. The summed E-state index contributed by atoms with van der Waals surface area (Å²) in [6, 6.07) is 10.00. The molecule has 1 aromatic carbocycles. The fraction of sp³-hybridized carbons (Fsp3) is 0.133. The number of sulfonamides is 1. The zero-order valence-electron chi connectivity index (χ0n) is 12.3. The molecule has 120 valence electrons. The lowest BCUT2D eigenvalue weighted by atomic mass is 10.1. The Hall–Kier alpha value is -1.83. The minimum atomic E-state index is -3.62. The summed E-state index contributed by atoms with van der Waals surface area (Å²) < 4.78 is 33.0. The number of oxazole rings is 1. The quantitative estimate of drug-likeness (QED) is 0.737. The van der Waals surface area contributed by atoms with Crippen molar-refractivity contribution in [2.45, 2.75) is 18.1 Å². The summed E-state index contributed by atoms with van der Waals surface area (Å²) in [5.74, 6) is 1.32. The summed E-state index contributed by atoms with van der Waals surface area (Å²) >= 11 is 6.80. The number of aromatic nitrogens is 1. The van der Waals surface area contributed by atoms with Crippen LogP contribution in [0.15, 0.2) is 45.0 Å². The second kappa shape index (κ2) is 5.99. The number of hydrogen-bond donors (Lipinski definition) is 1. The minimum Gasteiger partial charge on any atom is -0.446 e. The maximum absolute atomic E-state index is 12.2. The molecule has 3 rings (SSSR count). The molecule has 0 bridgehead atoms. The predicted octanol–water partition coefficient (Wildman–Crippen LogP) is 4.47. The maximum atomic E-state index is 12.2. The van der Waals surface area contributed by atoms with Crippen molar-refractivity contribution in [2.24, 2.45) is 0 Å². The molecule has 0 saturated carbocycles. The molecule has 0 spiro atoms. The smallest absolute Gasteiger partial charge is 0.271 e. The number of halogens is 1. The Labute approximate surface area is 143 Å². The van der Waals surface area contributed by atoms with Crippen LogP contribution in [0.25, 0.3) is 11.3 Å². The van der Waals surface area contributed by atoms with Crippen LogP contribution in [-0.4, -0.2) is 13.4 Å². The van der Waals surface area contributed by atoms with E-state index in [9.17, 15) is 8.42 Å². The second-order valence-electron chi connectivity index (χ2n) is 4.88. The van der Waals surface area contributed by atoms with Gasteiger partial charge in [0.25, 0.3) is 10.0 Å². The SMILES string of the molecule is Cc1nc(-c2ccc(NS(=O)(=O)c3ccc(Cl)s3)cc2)c(C)o1. The average molecular weight is 369 g/mol. The van der Waals surface area contributed by atoms with Gasteiger partial charge in [-0.25, -0.2) is 13.4 Å². The minimum absolute atomic E-state index is 0.176. The van der Waals surface area contributed by atoms with Crippen molar-refractivity contribution in [2.75, 3.05) is 4.72 Å². The highest BCUT2D eigenvalue weighted by atomic mass is 35.5. The lowest BCUT2D eigenvalue weighted by Gasteiger charge is -2.07. The molecule has 1 N–H and O–H groups in total. The van der Waals surface area contributed by atoms with Crippen LogP contribution < -0.4 is 4.72 Å². The molecule has 0 amide bonds. The highest BCUT2D eigenvalue weighted by molar-refractivity contribution is 7.94. The van der Waals surface area contributed by atoms with Crippen molar-refractivity contribution >= 4 is 38.6 Å². The standard InChI is InChI=1S/C15H13ClN2O3S2/c1-9-15(17-10(2)21-9)11-3-5-12(6-4-11)18-23(19,20)14-8-7-13(16)22-14/h3-8,18H,1-2H3. The van der Waals surface area contributed by atoms with Gasteiger partial charge in [0.1, 0.15) is 15.7 Å². The van der Waals surface area contributed by atoms with Crippen LogP contribution in [0, 0.1) is 13.8 Å². The number of aryl methyl sites for hydroxylation is 2. The van der Waals surface area contributed by atoms with Crippen molar-refractivity contribution in [3.05, 3.63) is 52.4 Å². The van der Waals surface area contributed by atoms with Crippen molar-refractivity contribution in [1.82, 2.24) is 4.98 Å². The molecule has 8 heteroatoms. The highest BCUT2D eigenvalue weighted by Crippen LogP contribution is 2.28. The second-order valence-corrected chi connectivity index (χ2v) is 8.50. The molecule has 0 aliphatic rings. The Kier molecular flexibility index (Phi) is 4.18. The van der Waals surface area contributed by atoms with Gasteiger partial charge in [-0.2, -0.15) is 0 Å².